The molecule has 0 saturated heterocycles. The summed E-state index contributed by atoms with van der Waals surface area (Å²) in [6.45, 7) is 0. The van der Waals surface area contributed by atoms with E-state index in [9.17, 15) is 10.1 Å². The van der Waals surface area contributed by atoms with Gasteiger partial charge in [-0.25, -0.2) is 0 Å². The van der Waals surface area contributed by atoms with Gasteiger partial charge in [0.1, 0.15) is 5.69 Å². The molecule has 4 nitrogen and oxygen atoms in total. The number of anilines is 1. The predicted octanol–water partition coefficient (Wildman–Crippen LogP) is 3.60. The zero-order valence-electron chi connectivity index (χ0n) is 9.59. The Bertz CT molecular complexity index is 417. The number of hydrogen-bond acceptors (Lipinski definition) is 4. The van der Waals surface area contributed by atoms with Crippen LogP contribution < -0.4 is 5.73 Å². The third-order valence-corrected chi connectivity index (χ3v) is 4.45. The first-order valence-corrected chi connectivity index (χ1v) is 6.76. The third kappa shape index (κ3) is 2.91. The van der Waals surface area contributed by atoms with E-state index in [-0.39, 0.29) is 16.3 Å². The van der Waals surface area contributed by atoms with Crippen molar-refractivity contribution in [1.29, 1.82) is 0 Å². The monoisotopic (exact) mass is 252 g/mol. The van der Waals surface area contributed by atoms with Crippen molar-refractivity contribution in [2.24, 2.45) is 0 Å². The summed E-state index contributed by atoms with van der Waals surface area (Å²) < 4.78 is 0. The minimum atomic E-state index is -0.375. The van der Waals surface area contributed by atoms with E-state index < -0.39 is 0 Å². The van der Waals surface area contributed by atoms with Crippen molar-refractivity contribution < 1.29 is 4.92 Å². The fourth-order valence-electron chi connectivity index (χ4n) is 2.19. The molecule has 2 rings (SSSR count). The van der Waals surface area contributed by atoms with Gasteiger partial charge in [-0.15, -0.1) is 11.8 Å². The van der Waals surface area contributed by atoms with Crippen molar-refractivity contribution in [3.05, 3.63) is 28.3 Å². The molecule has 0 heterocycles. The molecule has 0 bridgehead atoms. The molecule has 0 aliphatic heterocycles. The summed E-state index contributed by atoms with van der Waals surface area (Å²) in [5.74, 6) is 0. The minimum Gasteiger partial charge on any atom is -0.393 e. The molecule has 5 heteroatoms. The summed E-state index contributed by atoms with van der Waals surface area (Å²) in [6, 6.07) is 5.17. The second kappa shape index (κ2) is 5.40. The van der Waals surface area contributed by atoms with Crippen LogP contribution in [0.15, 0.2) is 23.1 Å². The lowest BCUT2D eigenvalue weighted by Crippen LogP contribution is -2.08. The lowest BCUT2D eigenvalue weighted by Gasteiger charge is -2.20. The lowest BCUT2D eigenvalue weighted by molar-refractivity contribution is -0.386. The van der Waals surface area contributed by atoms with Gasteiger partial charge < -0.3 is 5.73 Å². The zero-order chi connectivity index (χ0) is 12.3. The molecule has 1 aromatic carbocycles. The van der Waals surface area contributed by atoms with E-state index in [4.69, 9.17) is 5.73 Å². The van der Waals surface area contributed by atoms with Crippen LogP contribution >= 0.6 is 11.8 Å². The standard InChI is InChI=1S/C12H16N2O2S/c13-10-7-4-8-11(12(10)14(15)16)17-9-5-2-1-3-6-9/h4,7-9H,1-3,5-6,13H2. The van der Waals surface area contributed by atoms with Crippen molar-refractivity contribution in [1.82, 2.24) is 0 Å². The van der Waals surface area contributed by atoms with Crippen LogP contribution in [-0.4, -0.2) is 10.2 Å². The molecule has 1 aromatic rings. The fraction of sp³-hybridized carbons (Fsp3) is 0.500. The molecule has 0 unspecified atom stereocenters. The molecule has 1 aliphatic carbocycles. The molecule has 1 aliphatic rings. The van der Waals surface area contributed by atoms with Crippen LogP contribution in [0.25, 0.3) is 0 Å². The lowest BCUT2D eigenvalue weighted by atomic mass is 10.0. The number of thioether (sulfide) groups is 1. The van der Waals surface area contributed by atoms with Crippen LogP contribution in [0.5, 0.6) is 0 Å². The van der Waals surface area contributed by atoms with E-state index in [0.717, 1.165) is 12.8 Å². The maximum absolute atomic E-state index is 11.0. The maximum Gasteiger partial charge on any atom is 0.305 e. The number of nitrogen functional groups attached to an aromatic ring is 1. The van der Waals surface area contributed by atoms with E-state index in [2.05, 4.69) is 0 Å². The SMILES string of the molecule is Nc1cccc(SC2CCCCC2)c1[N+](=O)[O-]. The van der Waals surface area contributed by atoms with Crippen LogP contribution in [0, 0.1) is 10.1 Å². The van der Waals surface area contributed by atoms with Gasteiger partial charge in [0, 0.05) is 5.25 Å². The normalized spacial score (nSPS) is 16.9. The number of hydrogen-bond donors (Lipinski definition) is 1. The molecule has 1 fully saturated rings. The average Bonchev–Trinajstić information content (AvgIpc) is 2.30. The van der Waals surface area contributed by atoms with Crippen molar-refractivity contribution in [2.75, 3.05) is 5.73 Å². The summed E-state index contributed by atoms with van der Waals surface area (Å²) in [7, 11) is 0. The Morgan fingerprint density at radius 3 is 2.65 bits per heavy atom. The highest BCUT2D eigenvalue weighted by atomic mass is 32.2. The van der Waals surface area contributed by atoms with Gasteiger partial charge >= 0.3 is 5.69 Å². The molecular weight excluding hydrogens is 236 g/mol. The molecule has 0 atom stereocenters. The highest BCUT2D eigenvalue weighted by Gasteiger charge is 2.22. The first-order valence-electron chi connectivity index (χ1n) is 5.88. The van der Waals surface area contributed by atoms with Gasteiger partial charge in [0.15, 0.2) is 0 Å². The number of nitro benzene ring substituents is 1. The Labute approximate surface area is 105 Å². The van der Waals surface area contributed by atoms with Gasteiger partial charge in [0.2, 0.25) is 0 Å². The second-order valence-corrected chi connectivity index (χ2v) is 5.67. The summed E-state index contributed by atoms with van der Waals surface area (Å²) >= 11 is 1.61. The van der Waals surface area contributed by atoms with Gasteiger partial charge in [0.25, 0.3) is 0 Å². The summed E-state index contributed by atoms with van der Waals surface area (Å²) in [5.41, 5.74) is 6.00. The van der Waals surface area contributed by atoms with Gasteiger partial charge in [0.05, 0.1) is 9.82 Å². The van der Waals surface area contributed by atoms with E-state index in [1.54, 1.807) is 30.0 Å². The van der Waals surface area contributed by atoms with Gasteiger partial charge in [-0.05, 0) is 25.0 Å². The van der Waals surface area contributed by atoms with Crippen molar-refractivity contribution in [3.63, 3.8) is 0 Å². The van der Waals surface area contributed by atoms with E-state index in [1.807, 2.05) is 0 Å². The number of para-hydroxylation sites is 1. The topological polar surface area (TPSA) is 69.2 Å². The van der Waals surface area contributed by atoms with Gasteiger partial charge in [-0.2, -0.15) is 0 Å². The van der Waals surface area contributed by atoms with E-state index in [0.29, 0.717) is 10.1 Å². The molecule has 2 N–H and O–H groups in total. The highest BCUT2D eigenvalue weighted by molar-refractivity contribution is 8.00. The van der Waals surface area contributed by atoms with Crippen molar-refractivity contribution >= 4 is 23.1 Å². The van der Waals surface area contributed by atoms with E-state index in [1.165, 1.54) is 19.3 Å². The maximum atomic E-state index is 11.0. The van der Waals surface area contributed by atoms with Gasteiger partial charge in [-0.1, -0.05) is 25.3 Å². The third-order valence-electron chi connectivity index (χ3n) is 3.06. The Kier molecular flexibility index (Phi) is 3.89. The molecule has 1 saturated carbocycles. The van der Waals surface area contributed by atoms with Crippen molar-refractivity contribution in [2.45, 2.75) is 42.2 Å². The molecule has 92 valence electrons. The molecule has 0 amide bonds. The van der Waals surface area contributed by atoms with Crippen LogP contribution in [0.3, 0.4) is 0 Å². The predicted molar refractivity (Wildman–Crippen MR) is 70.2 cm³/mol. The quantitative estimate of drug-likeness (QED) is 0.507. The average molecular weight is 252 g/mol. The second-order valence-electron chi connectivity index (χ2n) is 4.33. The number of benzene rings is 1. The van der Waals surface area contributed by atoms with Crippen molar-refractivity contribution in [3.8, 4) is 0 Å². The van der Waals surface area contributed by atoms with Gasteiger partial charge in [-0.3, -0.25) is 10.1 Å². The first kappa shape index (κ1) is 12.2. The van der Waals surface area contributed by atoms with Crippen LogP contribution in [0.2, 0.25) is 0 Å². The number of nitrogens with two attached hydrogens (primary N) is 1. The molecule has 17 heavy (non-hydrogen) atoms. The number of nitrogens with zero attached hydrogens (tertiary/aromatic N) is 1. The Morgan fingerprint density at radius 1 is 1.29 bits per heavy atom. The number of nitro groups is 1. The van der Waals surface area contributed by atoms with Crippen LogP contribution in [0.1, 0.15) is 32.1 Å². The Balaban J connectivity index is 2.19. The minimum absolute atomic E-state index is 0.0723. The Morgan fingerprint density at radius 2 is 2.00 bits per heavy atom. The molecular formula is C12H16N2O2S. The largest absolute Gasteiger partial charge is 0.393 e. The first-order chi connectivity index (χ1) is 8.18. The van der Waals surface area contributed by atoms with E-state index >= 15 is 0 Å². The smallest absolute Gasteiger partial charge is 0.305 e. The summed E-state index contributed by atoms with van der Waals surface area (Å²) in [5, 5.41) is 11.5. The zero-order valence-corrected chi connectivity index (χ0v) is 10.4. The Hall–Kier alpha value is -1.23. The highest BCUT2D eigenvalue weighted by Crippen LogP contribution is 2.40. The fourth-order valence-corrected chi connectivity index (χ4v) is 3.58. The summed E-state index contributed by atoms with van der Waals surface area (Å²) in [4.78, 5) is 11.3. The van der Waals surface area contributed by atoms with Crippen LogP contribution in [0.4, 0.5) is 11.4 Å². The van der Waals surface area contributed by atoms with Crippen LogP contribution in [-0.2, 0) is 0 Å². The molecule has 0 spiro atoms. The molecule has 0 radical (unpaired) electrons. The summed E-state index contributed by atoms with van der Waals surface area (Å²) in [6.07, 6.45) is 6.05. The number of rotatable bonds is 3. The molecule has 0 aromatic heterocycles.